The van der Waals surface area contributed by atoms with Crippen LogP contribution in [0.4, 0.5) is 0 Å². The predicted molar refractivity (Wildman–Crippen MR) is 84.1 cm³/mol. The van der Waals surface area contributed by atoms with Crippen molar-refractivity contribution in [1.29, 1.82) is 0 Å². The molecule has 4 aliphatic rings. The van der Waals surface area contributed by atoms with Crippen molar-refractivity contribution < 1.29 is 19.8 Å². The maximum atomic E-state index is 10.5. The van der Waals surface area contributed by atoms with Gasteiger partial charge >= 0.3 is 63.3 Å². The Morgan fingerprint density at radius 2 is 0.957 bits per heavy atom. The summed E-state index contributed by atoms with van der Waals surface area (Å²) in [6.45, 7) is 7.12. The van der Waals surface area contributed by atoms with Crippen LogP contribution in [0.25, 0.3) is 0 Å². The summed E-state index contributed by atoms with van der Waals surface area (Å²) < 4.78 is 0. The number of rotatable bonds is 2. The molecule has 0 atom stereocenters. The van der Waals surface area contributed by atoms with Crippen molar-refractivity contribution in [3.63, 3.8) is 0 Å². The van der Waals surface area contributed by atoms with E-state index in [4.69, 9.17) is 10.2 Å². The first-order valence-corrected chi connectivity index (χ1v) is 6.98. The van der Waals surface area contributed by atoms with Crippen molar-refractivity contribution in [1.82, 2.24) is 19.6 Å². The van der Waals surface area contributed by atoms with Crippen molar-refractivity contribution in [2.24, 2.45) is 0 Å². The van der Waals surface area contributed by atoms with Crippen LogP contribution in [0.2, 0.25) is 0 Å². The van der Waals surface area contributed by atoms with Gasteiger partial charge in [-0.05, 0) is 12.1 Å². The molecule has 4 saturated heterocycles. The molecule has 1 aromatic carbocycles. The Balaban J connectivity index is 0.000000161. The molecule has 0 amide bonds. The summed E-state index contributed by atoms with van der Waals surface area (Å²) in [7, 11) is 0. The van der Waals surface area contributed by atoms with E-state index in [0.717, 1.165) is 0 Å². The topological polar surface area (TPSA) is 87.6 Å². The van der Waals surface area contributed by atoms with Crippen molar-refractivity contribution in [2.75, 3.05) is 40.0 Å². The SMILES string of the molecule is C1N2CN3CN1CN(C2)C3.O=C(O)c1ccccc1C(=O)O.[KH]. The molecule has 120 valence electrons. The monoisotopic (exact) mass is 346 g/mol. The predicted octanol–water partition coefficient (Wildman–Crippen LogP) is -0.585. The van der Waals surface area contributed by atoms with Crippen molar-refractivity contribution in [2.45, 2.75) is 0 Å². The van der Waals surface area contributed by atoms with Crippen LogP contribution < -0.4 is 0 Å². The van der Waals surface area contributed by atoms with Crippen LogP contribution in [0.3, 0.4) is 0 Å². The van der Waals surface area contributed by atoms with Crippen LogP contribution in [-0.2, 0) is 0 Å². The summed E-state index contributed by atoms with van der Waals surface area (Å²) >= 11 is 0. The zero-order chi connectivity index (χ0) is 15.7. The van der Waals surface area contributed by atoms with Crippen LogP contribution in [0.5, 0.6) is 0 Å². The van der Waals surface area contributed by atoms with E-state index in [2.05, 4.69) is 19.6 Å². The first-order chi connectivity index (χ1) is 10.5. The Kier molecular flexibility index (Phi) is 6.72. The van der Waals surface area contributed by atoms with Crippen molar-refractivity contribution in [3.8, 4) is 0 Å². The van der Waals surface area contributed by atoms with Crippen LogP contribution >= 0.6 is 0 Å². The molecule has 0 aliphatic carbocycles. The van der Waals surface area contributed by atoms with E-state index in [9.17, 15) is 9.59 Å². The second-order valence-corrected chi connectivity index (χ2v) is 5.69. The number of carboxylic acids is 2. The third-order valence-corrected chi connectivity index (χ3v) is 3.79. The minimum absolute atomic E-state index is 0. The molecule has 9 heteroatoms. The molecule has 1 aromatic rings. The van der Waals surface area contributed by atoms with Gasteiger partial charge in [0, 0.05) is 0 Å². The molecular weight excluding hydrogens is 327 g/mol. The zero-order valence-electron chi connectivity index (χ0n) is 12.1. The summed E-state index contributed by atoms with van der Waals surface area (Å²) in [5.41, 5.74) is -0.380. The van der Waals surface area contributed by atoms with Crippen LogP contribution in [0, 0.1) is 0 Å². The molecule has 4 heterocycles. The van der Waals surface area contributed by atoms with Crippen LogP contribution in [-0.4, -0.2) is 133 Å². The molecule has 23 heavy (non-hydrogen) atoms. The second-order valence-electron chi connectivity index (χ2n) is 5.69. The first kappa shape index (κ1) is 19.0. The standard InChI is InChI=1S/C8H6O4.C6H12N4.K.H/c9-7(10)5-3-1-2-4-6(5)8(11)12;1-7-2-9-4-8(1)5-10(3-7)6-9;;/h1-4H,(H,9,10)(H,11,12);1-6H2;;. The quantitative estimate of drug-likeness (QED) is 0.688. The van der Waals surface area contributed by atoms with Gasteiger partial charge in [-0.2, -0.15) is 0 Å². The van der Waals surface area contributed by atoms with Gasteiger partial charge in [-0.1, -0.05) is 12.1 Å². The fraction of sp³-hybridized carbons (Fsp3) is 0.429. The molecule has 2 N–H and O–H groups in total. The fourth-order valence-corrected chi connectivity index (χ4v) is 3.09. The number of nitrogens with zero attached hydrogens (tertiary/aromatic N) is 4. The molecule has 0 radical (unpaired) electrons. The first-order valence-electron chi connectivity index (χ1n) is 6.98. The summed E-state index contributed by atoms with van der Waals surface area (Å²) in [5.74, 6) is -2.46. The van der Waals surface area contributed by atoms with Crippen LogP contribution in [0.1, 0.15) is 20.7 Å². The molecule has 0 unspecified atom stereocenters. The van der Waals surface area contributed by atoms with Crippen LogP contribution in [0.15, 0.2) is 24.3 Å². The number of hydrogen-bond acceptors (Lipinski definition) is 6. The van der Waals surface area contributed by atoms with Crippen molar-refractivity contribution in [3.05, 3.63) is 35.4 Å². The van der Waals surface area contributed by atoms with Gasteiger partial charge in [0.1, 0.15) is 0 Å². The molecule has 0 spiro atoms. The Labute approximate surface area is 176 Å². The van der Waals surface area contributed by atoms with E-state index in [0.29, 0.717) is 0 Å². The minimum atomic E-state index is -1.23. The Hall–Kier alpha value is -0.364. The molecule has 4 aliphatic heterocycles. The molecule has 5 rings (SSSR count). The maximum absolute atomic E-state index is 10.5. The second kappa shape index (κ2) is 8.14. The van der Waals surface area contributed by atoms with Gasteiger partial charge in [-0.25, -0.2) is 9.59 Å². The number of benzene rings is 1. The van der Waals surface area contributed by atoms with E-state index in [1.807, 2.05) is 0 Å². The normalized spacial score (nSPS) is 29.9. The van der Waals surface area contributed by atoms with Gasteiger partial charge in [0.2, 0.25) is 0 Å². The molecule has 0 saturated carbocycles. The van der Waals surface area contributed by atoms with E-state index in [-0.39, 0.29) is 62.5 Å². The van der Waals surface area contributed by atoms with Gasteiger partial charge < -0.3 is 10.2 Å². The van der Waals surface area contributed by atoms with E-state index < -0.39 is 11.9 Å². The molecule has 0 aromatic heterocycles. The molecule has 8 nitrogen and oxygen atoms in total. The Bertz CT molecular complexity index is 508. The molecular formula is C14H19KN4O4. The number of aromatic carboxylic acids is 2. The summed E-state index contributed by atoms with van der Waals surface area (Å²) in [6.07, 6.45) is 0. The summed E-state index contributed by atoms with van der Waals surface area (Å²) in [4.78, 5) is 30.8. The molecule has 4 fully saturated rings. The van der Waals surface area contributed by atoms with E-state index in [1.165, 1.54) is 64.3 Å². The van der Waals surface area contributed by atoms with Gasteiger partial charge in [0.15, 0.2) is 0 Å². The third-order valence-electron chi connectivity index (χ3n) is 3.79. The zero-order valence-corrected chi connectivity index (χ0v) is 12.1. The number of hydrogen-bond donors (Lipinski definition) is 2. The number of carboxylic acid groups (broad SMARTS) is 2. The summed E-state index contributed by atoms with van der Waals surface area (Å²) in [6, 6.07) is 5.48. The average molecular weight is 346 g/mol. The van der Waals surface area contributed by atoms with E-state index in [1.54, 1.807) is 0 Å². The average Bonchev–Trinajstić information content (AvgIpc) is 2.46. The van der Waals surface area contributed by atoms with Gasteiger partial charge in [-0.15, -0.1) is 0 Å². The third kappa shape index (κ3) is 4.59. The molecule has 4 bridgehead atoms. The van der Waals surface area contributed by atoms with Crippen molar-refractivity contribution >= 4 is 63.3 Å². The van der Waals surface area contributed by atoms with E-state index >= 15 is 0 Å². The number of carbonyl (C=O) groups is 2. The fourth-order valence-electron chi connectivity index (χ4n) is 3.09. The van der Waals surface area contributed by atoms with Gasteiger partial charge in [-0.3, -0.25) is 19.6 Å². The Morgan fingerprint density at radius 3 is 1.17 bits per heavy atom. The van der Waals surface area contributed by atoms with Gasteiger partial charge in [0.25, 0.3) is 0 Å². The van der Waals surface area contributed by atoms with Gasteiger partial charge in [0.05, 0.1) is 51.1 Å². The Morgan fingerprint density at radius 1 is 0.696 bits per heavy atom. The summed E-state index contributed by atoms with van der Waals surface area (Å²) in [5, 5.41) is 17.1.